The second-order valence-electron chi connectivity index (χ2n) is 6.34. The van der Waals surface area contributed by atoms with E-state index in [4.69, 9.17) is 4.42 Å². The van der Waals surface area contributed by atoms with Crippen molar-refractivity contribution in [3.05, 3.63) is 60.0 Å². The summed E-state index contributed by atoms with van der Waals surface area (Å²) in [6.07, 6.45) is 3.75. The van der Waals surface area contributed by atoms with Crippen molar-refractivity contribution in [1.29, 1.82) is 0 Å². The van der Waals surface area contributed by atoms with Crippen molar-refractivity contribution in [2.75, 3.05) is 13.1 Å². The molecule has 2 N–H and O–H groups in total. The number of rotatable bonds is 4. The Morgan fingerprint density at radius 1 is 1.29 bits per heavy atom. The van der Waals surface area contributed by atoms with E-state index in [0.717, 1.165) is 43.6 Å². The van der Waals surface area contributed by atoms with Crippen molar-refractivity contribution in [2.24, 2.45) is 0 Å². The van der Waals surface area contributed by atoms with Gasteiger partial charge in [-0.2, -0.15) is 0 Å². The highest BCUT2D eigenvalue weighted by Crippen LogP contribution is 2.19. The van der Waals surface area contributed by atoms with E-state index >= 15 is 0 Å². The fraction of sp³-hybridized carbons (Fsp3) is 0.316. The molecular formula is C19H21N3O2. The van der Waals surface area contributed by atoms with E-state index < -0.39 is 0 Å². The molecule has 1 aromatic carbocycles. The zero-order valence-electron chi connectivity index (χ0n) is 13.5. The van der Waals surface area contributed by atoms with Crippen LogP contribution in [-0.2, 0) is 6.54 Å². The van der Waals surface area contributed by atoms with Crippen molar-refractivity contribution in [3.8, 4) is 0 Å². The van der Waals surface area contributed by atoms with Gasteiger partial charge in [0.15, 0.2) is 5.58 Å². The molecule has 3 heterocycles. The van der Waals surface area contributed by atoms with E-state index in [0.29, 0.717) is 11.7 Å². The largest absolute Gasteiger partial charge is 0.463 e. The number of aromatic nitrogens is 1. The molecule has 5 nitrogen and oxygen atoms in total. The summed E-state index contributed by atoms with van der Waals surface area (Å²) in [5, 5.41) is 3.57. The smallest absolute Gasteiger partial charge is 0.270 e. The SMILES string of the molecule is O=C(c1cc2occc2[nH]1)N1CCCC(NCc2ccccc2)C1. The number of amides is 1. The molecule has 0 spiro atoms. The van der Waals surface area contributed by atoms with E-state index in [1.54, 1.807) is 12.3 Å². The van der Waals surface area contributed by atoms with Gasteiger partial charge in [0, 0.05) is 37.8 Å². The fourth-order valence-corrected chi connectivity index (χ4v) is 3.32. The first kappa shape index (κ1) is 15.0. The van der Waals surface area contributed by atoms with Gasteiger partial charge in [-0.15, -0.1) is 0 Å². The zero-order valence-corrected chi connectivity index (χ0v) is 13.5. The lowest BCUT2D eigenvalue weighted by Crippen LogP contribution is -2.47. The third kappa shape index (κ3) is 3.08. The van der Waals surface area contributed by atoms with E-state index in [2.05, 4.69) is 34.6 Å². The Hall–Kier alpha value is -2.53. The van der Waals surface area contributed by atoms with Crippen LogP contribution >= 0.6 is 0 Å². The van der Waals surface area contributed by atoms with Crippen LogP contribution in [-0.4, -0.2) is 34.9 Å². The summed E-state index contributed by atoms with van der Waals surface area (Å²) >= 11 is 0. The number of aromatic amines is 1. The quantitative estimate of drug-likeness (QED) is 0.775. The summed E-state index contributed by atoms with van der Waals surface area (Å²) in [5.41, 5.74) is 3.47. The second kappa shape index (κ2) is 6.53. The minimum atomic E-state index is 0.0487. The number of carbonyl (C=O) groups excluding carboxylic acids is 1. The highest BCUT2D eigenvalue weighted by atomic mass is 16.3. The van der Waals surface area contributed by atoms with Crippen LogP contribution in [0.1, 0.15) is 28.9 Å². The Morgan fingerprint density at radius 3 is 3.00 bits per heavy atom. The zero-order chi connectivity index (χ0) is 16.4. The molecular weight excluding hydrogens is 302 g/mol. The molecule has 1 aliphatic rings. The van der Waals surface area contributed by atoms with Crippen LogP contribution in [0, 0.1) is 0 Å². The molecule has 2 aromatic heterocycles. The van der Waals surface area contributed by atoms with Gasteiger partial charge in [0.05, 0.1) is 11.8 Å². The van der Waals surface area contributed by atoms with Crippen molar-refractivity contribution in [3.63, 3.8) is 0 Å². The Labute approximate surface area is 140 Å². The highest BCUT2D eigenvalue weighted by molar-refractivity contribution is 5.96. The fourth-order valence-electron chi connectivity index (χ4n) is 3.32. The van der Waals surface area contributed by atoms with Crippen LogP contribution in [0.15, 0.2) is 53.1 Å². The van der Waals surface area contributed by atoms with Crippen LogP contribution in [0.5, 0.6) is 0 Å². The second-order valence-corrected chi connectivity index (χ2v) is 6.34. The number of likely N-dealkylation sites (tertiary alicyclic amines) is 1. The number of piperidine rings is 1. The minimum Gasteiger partial charge on any atom is -0.463 e. The predicted octanol–water partition coefficient (Wildman–Crippen LogP) is 3.16. The molecule has 0 saturated carbocycles. The molecule has 1 saturated heterocycles. The number of fused-ring (bicyclic) bond motifs is 1. The molecule has 1 aliphatic heterocycles. The van der Waals surface area contributed by atoms with Crippen LogP contribution < -0.4 is 5.32 Å². The summed E-state index contributed by atoms with van der Waals surface area (Å²) in [7, 11) is 0. The topological polar surface area (TPSA) is 61.3 Å². The molecule has 1 atom stereocenters. The summed E-state index contributed by atoms with van der Waals surface area (Å²) < 4.78 is 5.33. The molecule has 3 aromatic rings. The molecule has 0 radical (unpaired) electrons. The van der Waals surface area contributed by atoms with Crippen LogP contribution in [0.2, 0.25) is 0 Å². The number of furan rings is 1. The Bertz CT molecular complexity index is 793. The number of hydrogen-bond donors (Lipinski definition) is 2. The van der Waals surface area contributed by atoms with Gasteiger partial charge in [0.1, 0.15) is 5.69 Å². The maximum absolute atomic E-state index is 12.7. The maximum Gasteiger partial charge on any atom is 0.270 e. The van der Waals surface area contributed by atoms with Gasteiger partial charge in [0.25, 0.3) is 5.91 Å². The van der Waals surface area contributed by atoms with E-state index in [1.807, 2.05) is 17.0 Å². The molecule has 1 unspecified atom stereocenters. The van der Waals surface area contributed by atoms with Gasteiger partial charge in [-0.1, -0.05) is 30.3 Å². The van der Waals surface area contributed by atoms with Gasteiger partial charge in [0.2, 0.25) is 0 Å². The summed E-state index contributed by atoms with van der Waals surface area (Å²) in [4.78, 5) is 17.8. The van der Waals surface area contributed by atoms with Gasteiger partial charge in [-0.3, -0.25) is 4.79 Å². The molecule has 0 aliphatic carbocycles. The lowest BCUT2D eigenvalue weighted by Gasteiger charge is -2.33. The van der Waals surface area contributed by atoms with Crippen molar-refractivity contribution in [2.45, 2.75) is 25.4 Å². The monoisotopic (exact) mass is 323 g/mol. The van der Waals surface area contributed by atoms with Crippen LogP contribution in [0.3, 0.4) is 0 Å². The Balaban J connectivity index is 1.39. The third-order valence-corrected chi connectivity index (χ3v) is 4.62. The van der Waals surface area contributed by atoms with Gasteiger partial charge in [-0.25, -0.2) is 0 Å². The molecule has 4 rings (SSSR count). The average Bonchev–Trinajstić information content (AvgIpc) is 3.22. The first-order chi connectivity index (χ1) is 11.8. The molecule has 1 amide bonds. The van der Waals surface area contributed by atoms with Gasteiger partial charge in [-0.05, 0) is 18.4 Å². The molecule has 5 heteroatoms. The van der Waals surface area contributed by atoms with Gasteiger partial charge >= 0.3 is 0 Å². The van der Waals surface area contributed by atoms with Gasteiger partial charge < -0.3 is 19.6 Å². The molecule has 24 heavy (non-hydrogen) atoms. The lowest BCUT2D eigenvalue weighted by molar-refractivity contribution is 0.0689. The summed E-state index contributed by atoms with van der Waals surface area (Å²) in [6, 6.07) is 14.3. The summed E-state index contributed by atoms with van der Waals surface area (Å²) in [5.74, 6) is 0.0487. The Morgan fingerprint density at radius 2 is 2.17 bits per heavy atom. The van der Waals surface area contributed by atoms with Crippen molar-refractivity contribution < 1.29 is 9.21 Å². The summed E-state index contributed by atoms with van der Waals surface area (Å²) in [6.45, 7) is 2.39. The highest BCUT2D eigenvalue weighted by Gasteiger charge is 2.25. The van der Waals surface area contributed by atoms with Crippen molar-refractivity contribution in [1.82, 2.24) is 15.2 Å². The van der Waals surface area contributed by atoms with Crippen LogP contribution in [0.4, 0.5) is 0 Å². The lowest BCUT2D eigenvalue weighted by atomic mass is 10.0. The number of hydrogen-bond acceptors (Lipinski definition) is 3. The number of nitrogens with zero attached hydrogens (tertiary/aromatic N) is 1. The first-order valence-corrected chi connectivity index (χ1v) is 8.42. The number of benzene rings is 1. The van der Waals surface area contributed by atoms with E-state index in [9.17, 15) is 4.79 Å². The average molecular weight is 323 g/mol. The van der Waals surface area contributed by atoms with Crippen molar-refractivity contribution >= 4 is 17.0 Å². The normalized spacial score (nSPS) is 18.2. The number of carbonyl (C=O) groups is 1. The minimum absolute atomic E-state index is 0.0487. The Kier molecular flexibility index (Phi) is 4.09. The third-order valence-electron chi connectivity index (χ3n) is 4.62. The molecule has 1 fully saturated rings. The maximum atomic E-state index is 12.7. The standard InChI is InChI=1S/C19H21N3O2/c23-19(17-11-18-16(21-17)8-10-24-18)22-9-4-7-15(13-22)20-12-14-5-2-1-3-6-14/h1-3,5-6,8,10-11,15,20-21H,4,7,9,12-13H2. The predicted molar refractivity (Wildman–Crippen MR) is 92.8 cm³/mol. The number of H-pyrrole nitrogens is 1. The number of nitrogens with one attached hydrogen (secondary N) is 2. The molecule has 124 valence electrons. The van der Waals surface area contributed by atoms with E-state index in [1.165, 1.54) is 5.56 Å². The van der Waals surface area contributed by atoms with Crippen LogP contribution in [0.25, 0.3) is 11.1 Å². The first-order valence-electron chi connectivity index (χ1n) is 8.42. The molecule has 0 bridgehead atoms. The van der Waals surface area contributed by atoms with E-state index in [-0.39, 0.29) is 5.91 Å².